The normalized spacial score (nSPS) is 12.5. The highest BCUT2D eigenvalue weighted by molar-refractivity contribution is 5.85. The fourth-order valence-corrected chi connectivity index (χ4v) is 1.29. The molecule has 19 heavy (non-hydrogen) atoms. The van der Waals surface area contributed by atoms with Crippen LogP contribution in [0.25, 0.3) is 0 Å². The van der Waals surface area contributed by atoms with Gasteiger partial charge in [-0.1, -0.05) is 0 Å². The fourth-order valence-electron chi connectivity index (χ4n) is 1.29. The Hall–Kier alpha value is -1.74. The maximum absolute atomic E-state index is 12.4. The van der Waals surface area contributed by atoms with Crippen LogP contribution in [0.5, 0.6) is 11.5 Å². The maximum atomic E-state index is 12.4. The number of nitro groups is 1. The lowest BCUT2D eigenvalue weighted by molar-refractivity contribution is -0.385. The molecule has 0 aliphatic carbocycles. The number of hydrogen-bond acceptors (Lipinski definition) is 5. The van der Waals surface area contributed by atoms with Crippen molar-refractivity contribution in [3.05, 3.63) is 27.8 Å². The summed E-state index contributed by atoms with van der Waals surface area (Å²) in [6.07, 6.45) is -4.84. The first-order valence-electron chi connectivity index (χ1n) is 4.56. The molecule has 1 atom stereocenters. The summed E-state index contributed by atoms with van der Waals surface area (Å²) in [6, 6.07) is -1.16. The quantitative estimate of drug-likeness (QED) is 0.659. The molecule has 0 fully saturated rings. The highest BCUT2D eigenvalue weighted by Crippen LogP contribution is 2.41. The molecule has 0 spiro atoms. The van der Waals surface area contributed by atoms with Gasteiger partial charge in [-0.2, -0.15) is 13.2 Å². The molecule has 1 aromatic carbocycles. The maximum Gasteiger partial charge on any atom is 0.407 e. The third-order valence-corrected chi connectivity index (χ3v) is 2.21. The average Bonchev–Trinajstić information content (AvgIpc) is 2.26. The number of aromatic hydroxyl groups is 1. The first-order chi connectivity index (χ1) is 8.18. The van der Waals surface area contributed by atoms with Crippen molar-refractivity contribution >= 4 is 18.1 Å². The van der Waals surface area contributed by atoms with Gasteiger partial charge in [-0.05, 0) is 0 Å². The Labute approximate surface area is 111 Å². The number of ether oxygens (including phenoxy) is 1. The van der Waals surface area contributed by atoms with E-state index in [1.54, 1.807) is 0 Å². The van der Waals surface area contributed by atoms with Crippen LogP contribution < -0.4 is 10.5 Å². The van der Waals surface area contributed by atoms with E-state index in [1.807, 2.05) is 0 Å². The molecule has 0 saturated carbocycles. The van der Waals surface area contributed by atoms with Crippen molar-refractivity contribution in [3.63, 3.8) is 0 Å². The molecular weight excluding hydrogens is 293 g/mol. The van der Waals surface area contributed by atoms with Gasteiger partial charge in [-0.25, -0.2) is 0 Å². The zero-order valence-electron chi connectivity index (χ0n) is 9.47. The number of rotatable bonds is 3. The summed E-state index contributed by atoms with van der Waals surface area (Å²) in [4.78, 5) is 9.64. The molecule has 0 bridgehead atoms. The zero-order chi connectivity index (χ0) is 14.1. The van der Waals surface area contributed by atoms with Gasteiger partial charge >= 0.3 is 6.18 Å². The number of phenols is 1. The van der Waals surface area contributed by atoms with Gasteiger partial charge in [0.05, 0.1) is 18.1 Å². The van der Waals surface area contributed by atoms with Crippen LogP contribution in [0.1, 0.15) is 11.6 Å². The Balaban J connectivity index is 0.00000324. The number of non-ortho nitro benzene ring substituents is 1. The second-order valence-electron chi connectivity index (χ2n) is 3.36. The number of benzene rings is 1. The Kier molecular flexibility index (Phi) is 5.39. The highest BCUT2D eigenvalue weighted by Gasteiger charge is 2.40. The number of nitrogens with zero attached hydrogens (tertiary/aromatic N) is 1. The smallest absolute Gasteiger partial charge is 0.407 e. The van der Waals surface area contributed by atoms with Crippen LogP contribution in [0, 0.1) is 10.1 Å². The molecule has 0 aliphatic rings. The average molecular weight is 303 g/mol. The van der Waals surface area contributed by atoms with Crippen LogP contribution in [0.3, 0.4) is 0 Å². The predicted molar refractivity (Wildman–Crippen MR) is 61.5 cm³/mol. The van der Waals surface area contributed by atoms with E-state index >= 15 is 0 Å². The molecule has 0 radical (unpaired) electrons. The summed E-state index contributed by atoms with van der Waals surface area (Å²) in [6.45, 7) is 0. The van der Waals surface area contributed by atoms with E-state index in [1.165, 1.54) is 0 Å². The van der Waals surface area contributed by atoms with Crippen LogP contribution in [-0.4, -0.2) is 23.3 Å². The van der Waals surface area contributed by atoms with Gasteiger partial charge in [0, 0.05) is 11.6 Å². The number of halogens is 4. The summed E-state index contributed by atoms with van der Waals surface area (Å²) in [7, 11) is 1.06. The van der Waals surface area contributed by atoms with E-state index in [0.717, 1.165) is 13.2 Å². The van der Waals surface area contributed by atoms with Crippen LogP contribution in [0.2, 0.25) is 0 Å². The molecule has 0 saturated heterocycles. The number of alkyl halides is 3. The van der Waals surface area contributed by atoms with E-state index < -0.39 is 39.9 Å². The van der Waals surface area contributed by atoms with Crippen molar-refractivity contribution in [2.24, 2.45) is 5.73 Å². The SMILES string of the molecule is COc1cc([N+](=O)[O-])cc([C@@H](N)C(F)(F)F)c1O.Cl. The van der Waals surface area contributed by atoms with Crippen LogP contribution in [-0.2, 0) is 0 Å². The Bertz CT molecular complexity index is 481. The third-order valence-electron chi connectivity index (χ3n) is 2.21. The van der Waals surface area contributed by atoms with Crippen molar-refractivity contribution in [3.8, 4) is 11.5 Å². The van der Waals surface area contributed by atoms with E-state index in [2.05, 4.69) is 4.74 Å². The van der Waals surface area contributed by atoms with Gasteiger partial charge in [0.1, 0.15) is 6.04 Å². The Morgan fingerprint density at radius 1 is 1.47 bits per heavy atom. The molecule has 0 unspecified atom stereocenters. The van der Waals surface area contributed by atoms with Gasteiger partial charge in [0.25, 0.3) is 5.69 Å². The largest absolute Gasteiger partial charge is 0.504 e. The Morgan fingerprint density at radius 3 is 2.37 bits per heavy atom. The van der Waals surface area contributed by atoms with Gasteiger partial charge in [-0.3, -0.25) is 10.1 Å². The second-order valence-corrected chi connectivity index (χ2v) is 3.36. The Morgan fingerprint density at radius 2 is 2.00 bits per heavy atom. The summed E-state index contributed by atoms with van der Waals surface area (Å²) < 4.78 is 41.9. The van der Waals surface area contributed by atoms with Gasteiger partial charge < -0.3 is 15.6 Å². The molecule has 1 aromatic rings. The van der Waals surface area contributed by atoms with Gasteiger partial charge in [-0.15, -0.1) is 12.4 Å². The van der Waals surface area contributed by atoms with Crippen LogP contribution in [0.15, 0.2) is 12.1 Å². The third kappa shape index (κ3) is 3.61. The van der Waals surface area contributed by atoms with Crippen molar-refractivity contribution in [1.29, 1.82) is 0 Å². The number of hydrogen-bond donors (Lipinski definition) is 2. The second kappa shape index (κ2) is 5.93. The van der Waals surface area contributed by atoms with Gasteiger partial charge in [0.2, 0.25) is 0 Å². The summed E-state index contributed by atoms with van der Waals surface area (Å²) in [5.41, 5.74) is 3.44. The van der Waals surface area contributed by atoms with Crippen molar-refractivity contribution in [2.45, 2.75) is 12.2 Å². The number of nitrogens with two attached hydrogens (primary N) is 1. The minimum absolute atomic E-state index is 0. The van der Waals surface area contributed by atoms with Crippen molar-refractivity contribution in [1.82, 2.24) is 0 Å². The molecule has 3 N–H and O–H groups in total. The predicted octanol–water partition coefficient (Wildman–Crippen LogP) is 2.29. The number of phenolic OH excluding ortho intramolecular Hbond substituents is 1. The molecule has 6 nitrogen and oxygen atoms in total. The number of methoxy groups -OCH3 is 1. The molecule has 0 aliphatic heterocycles. The van der Waals surface area contributed by atoms with Crippen molar-refractivity contribution in [2.75, 3.05) is 7.11 Å². The topological polar surface area (TPSA) is 98.6 Å². The first-order valence-corrected chi connectivity index (χ1v) is 4.56. The highest BCUT2D eigenvalue weighted by atomic mass is 35.5. The fraction of sp³-hybridized carbons (Fsp3) is 0.333. The molecule has 0 heterocycles. The van der Waals surface area contributed by atoms with Crippen LogP contribution in [0.4, 0.5) is 18.9 Å². The first kappa shape index (κ1) is 17.3. The van der Waals surface area contributed by atoms with Gasteiger partial charge in [0.15, 0.2) is 11.5 Å². The van der Waals surface area contributed by atoms with E-state index in [0.29, 0.717) is 6.07 Å². The minimum Gasteiger partial charge on any atom is -0.504 e. The molecule has 10 heteroatoms. The summed E-state index contributed by atoms with van der Waals surface area (Å²) in [5, 5.41) is 20.1. The lowest BCUT2D eigenvalue weighted by atomic mass is 10.0. The summed E-state index contributed by atoms with van der Waals surface area (Å²) in [5.74, 6) is -1.31. The zero-order valence-corrected chi connectivity index (χ0v) is 10.3. The monoisotopic (exact) mass is 302 g/mol. The lowest BCUT2D eigenvalue weighted by Crippen LogP contribution is -2.28. The summed E-state index contributed by atoms with van der Waals surface area (Å²) >= 11 is 0. The van der Waals surface area contributed by atoms with Crippen LogP contribution >= 0.6 is 12.4 Å². The van der Waals surface area contributed by atoms with E-state index in [-0.39, 0.29) is 12.4 Å². The minimum atomic E-state index is -4.84. The van der Waals surface area contributed by atoms with Crippen molar-refractivity contribution < 1.29 is 27.9 Å². The standard InChI is InChI=1S/C9H9F3N2O4.ClH/c1-18-6-3-4(14(16)17)2-5(7(6)15)8(13)9(10,11)12;/h2-3,8,15H,13H2,1H3;1H/t8-;/m1./s1. The number of nitro benzene ring substituents is 1. The molecular formula is C9H10ClF3N2O4. The van der Waals surface area contributed by atoms with E-state index in [9.17, 15) is 28.4 Å². The molecule has 108 valence electrons. The lowest BCUT2D eigenvalue weighted by Gasteiger charge is -2.18. The molecule has 0 aromatic heterocycles. The molecule has 1 rings (SSSR count). The van der Waals surface area contributed by atoms with E-state index in [4.69, 9.17) is 5.73 Å². The molecule has 0 amide bonds.